The number of fused-ring (bicyclic) bond motifs is 1. The molecule has 0 saturated heterocycles. The number of esters is 1. The molecule has 0 aliphatic heterocycles. The molecule has 0 bridgehead atoms. The minimum Gasteiger partial charge on any atom is -0.494 e. The summed E-state index contributed by atoms with van der Waals surface area (Å²) in [7, 11) is 2.33. The van der Waals surface area contributed by atoms with Crippen LogP contribution in [0.5, 0.6) is 5.75 Å². The minimum absolute atomic E-state index is 0.142. The molecule has 0 atom stereocenters. The summed E-state index contributed by atoms with van der Waals surface area (Å²) in [6.45, 7) is 0. The Kier molecular flexibility index (Phi) is 3.13. The van der Waals surface area contributed by atoms with E-state index in [1.54, 1.807) is 0 Å². The first kappa shape index (κ1) is 13.3. The Morgan fingerprint density at radius 1 is 1.26 bits per heavy atom. The summed E-state index contributed by atoms with van der Waals surface area (Å²) < 4.78 is 48.3. The number of rotatable bonds is 2. The molecule has 102 valence electrons. The first-order valence-corrected chi connectivity index (χ1v) is 5.24. The molecule has 19 heavy (non-hydrogen) atoms. The molecule has 1 heterocycles. The fourth-order valence-electron chi connectivity index (χ4n) is 1.90. The van der Waals surface area contributed by atoms with Crippen LogP contribution in [0.4, 0.5) is 13.2 Å². The van der Waals surface area contributed by atoms with Crippen molar-refractivity contribution in [1.82, 2.24) is 4.98 Å². The molecule has 1 N–H and O–H groups in total. The lowest BCUT2D eigenvalue weighted by Crippen LogP contribution is -2.06. The van der Waals surface area contributed by atoms with Crippen molar-refractivity contribution in [2.24, 2.45) is 0 Å². The number of carbonyl (C=O) groups excluding carboxylic acids is 1. The number of hydrogen-bond donors (Lipinski definition) is 1. The highest BCUT2D eigenvalue weighted by atomic mass is 19.4. The van der Waals surface area contributed by atoms with Gasteiger partial charge in [-0.1, -0.05) is 6.07 Å². The second kappa shape index (κ2) is 4.49. The second-order valence-electron chi connectivity index (χ2n) is 3.75. The maximum atomic E-state index is 12.9. The Hall–Kier alpha value is -2.18. The number of alkyl halides is 3. The molecule has 0 unspecified atom stereocenters. The van der Waals surface area contributed by atoms with Crippen LogP contribution in [-0.4, -0.2) is 25.2 Å². The summed E-state index contributed by atoms with van der Waals surface area (Å²) in [4.78, 5) is 14.1. The number of methoxy groups -OCH3 is 2. The molecular formula is C12H10F3NO3. The van der Waals surface area contributed by atoms with Gasteiger partial charge in [0.05, 0.1) is 30.7 Å². The molecule has 1 aromatic carbocycles. The highest BCUT2D eigenvalue weighted by Crippen LogP contribution is 2.40. The fraction of sp³-hybridized carbons (Fsp3) is 0.250. The van der Waals surface area contributed by atoms with Gasteiger partial charge in [-0.25, -0.2) is 4.79 Å². The number of nitrogens with one attached hydrogen (secondary N) is 1. The highest BCUT2D eigenvalue weighted by molar-refractivity contribution is 6.02. The third kappa shape index (κ3) is 2.11. The van der Waals surface area contributed by atoms with Gasteiger partial charge in [0.15, 0.2) is 11.4 Å². The van der Waals surface area contributed by atoms with Crippen LogP contribution in [-0.2, 0) is 10.9 Å². The third-order valence-corrected chi connectivity index (χ3v) is 2.68. The molecule has 0 saturated carbocycles. The molecule has 1 aromatic heterocycles. The molecule has 0 radical (unpaired) electrons. The van der Waals surface area contributed by atoms with Crippen molar-refractivity contribution in [2.45, 2.75) is 6.18 Å². The van der Waals surface area contributed by atoms with Crippen LogP contribution in [0, 0.1) is 0 Å². The van der Waals surface area contributed by atoms with Gasteiger partial charge < -0.3 is 14.5 Å². The van der Waals surface area contributed by atoms with E-state index in [1.807, 2.05) is 0 Å². The zero-order valence-electron chi connectivity index (χ0n) is 10.1. The van der Waals surface area contributed by atoms with Crippen LogP contribution in [0.3, 0.4) is 0 Å². The van der Waals surface area contributed by atoms with E-state index in [2.05, 4.69) is 9.72 Å². The minimum atomic E-state index is -4.54. The summed E-state index contributed by atoms with van der Waals surface area (Å²) in [5.74, 6) is -0.962. The number of H-pyrrole nitrogens is 1. The normalized spacial score (nSPS) is 11.6. The standard InChI is InChI=1S/C12H10F3NO3/c1-18-10-8-6(12(13,14)15)4-3-5-7(8)16-9(10)11(17)19-2/h3-5,16H,1-2H3. The fourth-order valence-corrected chi connectivity index (χ4v) is 1.90. The average molecular weight is 273 g/mol. The van der Waals surface area contributed by atoms with Crippen molar-refractivity contribution >= 4 is 16.9 Å². The van der Waals surface area contributed by atoms with E-state index in [9.17, 15) is 18.0 Å². The monoisotopic (exact) mass is 273 g/mol. The number of carbonyl (C=O) groups is 1. The maximum Gasteiger partial charge on any atom is 0.417 e. The topological polar surface area (TPSA) is 51.3 Å². The zero-order chi connectivity index (χ0) is 14.2. The van der Waals surface area contributed by atoms with E-state index >= 15 is 0 Å². The third-order valence-electron chi connectivity index (χ3n) is 2.68. The number of benzene rings is 1. The first-order valence-electron chi connectivity index (χ1n) is 5.24. The van der Waals surface area contributed by atoms with Crippen LogP contribution in [0.15, 0.2) is 18.2 Å². The van der Waals surface area contributed by atoms with Crippen LogP contribution in [0.25, 0.3) is 10.9 Å². The Morgan fingerprint density at radius 3 is 2.47 bits per heavy atom. The van der Waals surface area contributed by atoms with E-state index in [1.165, 1.54) is 19.2 Å². The molecule has 0 fully saturated rings. The largest absolute Gasteiger partial charge is 0.494 e. The zero-order valence-corrected chi connectivity index (χ0v) is 10.1. The molecule has 0 aliphatic rings. The Labute approximate surface area is 106 Å². The van der Waals surface area contributed by atoms with Crippen molar-refractivity contribution in [1.29, 1.82) is 0 Å². The van der Waals surface area contributed by atoms with Gasteiger partial charge in [0.2, 0.25) is 0 Å². The van der Waals surface area contributed by atoms with Gasteiger partial charge >= 0.3 is 12.1 Å². The van der Waals surface area contributed by atoms with Gasteiger partial charge in [0.1, 0.15) is 0 Å². The summed E-state index contributed by atoms with van der Waals surface area (Å²) in [5.41, 5.74) is -0.850. The molecule has 0 aliphatic carbocycles. The smallest absolute Gasteiger partial charge is 0.417 e. The predicted octanol–water partition coefficient (Wildman–Crippen LogP) is 2.98. The van der Waals surface area contributed by atoms with Crippen LogP contribution >= 0.6 is 0 Å². The van der Waals surface area contributed by atoms with E-state index in [0.29, 0.717) is 0 Å². The van der Waals surface area contributed by atoms with Crippen LogP contribution in [0.1, 0.15) is 16.1 Å². The molecule has 2 aromatic rings. The highest BCUT2D eigenvalue weighted by Gasteiger charge is 2.35. The quantitative estimate of drug-likeness (QED) is 0.856. The predicted molar refractivity (Wildman–Crippen MR) is 61.2 cm³/mol. The number of aromatic amines is 1. The molecule has 2 rings (SSSR count). The second-order valence-corrected chi connectivity index (χ2v) is 3.75. The van der Waals surface area contributed by atoms with Crippen molar-refractivity contribution < 1.29 is 27.4 Å². The van der Waals surface area contributed by atoms with Crippen molar-refractivity contribution in [3.8, 4) is 5.75 Å². The van der Waals surface area contributed by atoms with Crippen LogP contribution < -0.4 is 4.74 Å². The van der Waals surface area contributed by atoms with Gasteiger partial charge in [-0.2, -0.15) is 13.2 Å². The Bertz CT molecular complexity index is 631. The molecule has 7 heteroatoms. The maximum absolute atomic E-state index is 12.9. The number of hydrogen-bond acceptors (Lipinski definition) is 3. The lowest BCUT2D eigenvalue weighted by molar-refractivity contribution is -0.136. The summed E-state index contributed by atoms with van der Waals surface area (Å²) in [6.07, 6.45) is -4.54. The Morgan fingerprint density at radius 2 is 1.95 bits per heavy atom. The van der Waals surface area contributed by atoms with Crippen molar-refractivity contribution in [3.05, 3.63) is 29.5 Å². The van der Waals surface area contributed by atoms with Gasteiger partial charge in [0, 0.05) is 0 Å². The van der Waals surface area contributed by atoms with Crippen LogP contribution in [0.2, 0.25) is 0 Å². The van der Waals surface area contributed by atoms with E-state index < -0.39 is 17.7 Å². The van der Waals surface area contributed by atoms with Gasteiger partial charge in [0.25, 0.3) is 0 Å². The van der Waals surface area contributed by atoms with Crippen molar-refractivity contribution in [2.75, 3.05) is 14.2 Å². The summed E-state index contributed by atoms with van der Waals surface area (Å²) in [6, 6.07) is 3.61. The summed E-state index contributed by atoms with van der Waals surface area (Å²) in [5, 5.41) is -0.182. The number of aromatic nitrogens is 1. The SMILES string of the molecule is COC(=O)c1[nH]c2cccc(C(F)(F)F)c2c1OC. The summed E-state index contributed by atoms with van der Waals surface area (Å²) >= 11 is 0. The lowest BCUT2D eigenvalue weighted by Gasteiger charge is -2.09. The van der Waals surface area contributed by atoms with E-state index in [4.69, 9.17) is 4.74 Å². The first-order chi connectivity index (χ1) is 8.90. The number of halogens is 3. The number of ether oxygens (including phenoxy) is 2. The molecule has 0 spiro atoms. The molecular weight excluding hydrogens is 263 g/mol. The van der Waals surface area contributed by atoms with Gasteiger partial charge in [-0.15, -0.1) is 0 Å². The van der Waals surface area contributed by atoms with Gasteiger partial charge in [-0.05, 0) is 12.1 Å². The average Bonchev–Trinajstić information content (AvgIpc) is 2.74. The molecule has 4 nitrogen and oxygen atoms in total. The molecule has 0 amide bonds. The Balaban J connectivity index is 2.82. The van der Waals surface area contributed by atoms with Gasteiger partial charge in [-0.3, -0.25) is 0 Å². The van der Waals surface area contributed by atoms with E-state index in [-0.39, 0.29) is 22.3 Å². The van der Waals surface area contributed by atoms with E-state index in [0.717, 1.165) is 13.2 Å². The lowest BCUT2D eigenvalue weighted by atomic mass is 10.1. The van der Waals surface area contributed by atoms with Crippen molar-refractivity contribution in [3.63, 3.8) is 0 Å².